The van der Waals surface area contributed by atoms with Gasteiger partial charge in [0.15, 0.2) is 0 Å². The van der Waals surface area contributed by atoms with Gasteiger partial charge in [-0.25, -0.2) is 0 Å². The molecule has 0 spiro atoms. The molecule has 0 bridgehead atoms. The summed E-state index contributed by atoms with van der Waals surface area (Å²) in [5.41, 5.74) is 0.531. The number of amides is 2. The molecule has 0 fully saturated rings. The van der Waals surface area contributed by atoms with Crippen LogP contribution in [0.4, 0.5) is 11.4 Å². The fourth-order valence-corrected chi connectivity index (χ4v) is 2.64. The molecule has 2 amide bonds. The van der Waals surface area contributed by atoms with Crippen molar-refractivity contribution >= 4 is 46.4 Å². The van der Waals surface area contributed by atoms with Gasteiger partial charge < -0.3 is 10.6 Å². The van der Waals surface area contributed by atoms with Crippen molar-refractivity contribution in [3.8, 4) is 0 Å². The molecule has 0 saturated carbocycles. The van der Waals surface area contributed by atoms with E-state index in [-0.39, 0.29) is 27.2 Å². The lowest BCUT2D eigenvalue weighted by Gasteiger charge is -2.10. The van der Waals surface area contributed by atoms with Crippen molar-refractivity contribution in [1.29, 1.82) is 0 Å². The molecule has 0 atom stereocenters. The first kappa shape index (κ1) is 19.7. The highest BCUT2D eigenvalue weighted by molar-refractivity contribution is 6.35. The van der Waals surface area contributed by atoms with Gasteiger partial charge in [0.25, 0.3) is 17.5 Å². The molecule has 9 heteroatoms. The Labute approximate surface area is 159 Å². The second-order valence-electron chi connectivity index (χ2n) is 5.33. The van der Waals surface area contributed by atoms with Crippen LogP contribution in [0.5, 0.6) is 0 Å². The van der Waals surface area contributed by atoms with E-state index in [9.17, 15) is 19.7 Å². The number of carbonyl (C=O) groups excluding carboxylic acids is 2. The summed E-state index contributed by atoms with van der Waals surface area (Å²) in [7, 11) is 0. The summed E-state index contributed by atoms with van der Waals surface area (Å²) in [6.45, 7) is 2.47. The number of halogens is 2. The van der Waals surface area contributed by atoms with Crippen LogP contribution in [-0.2, 0) is 0 Å². The van der Waals surface area contributed by atoms with Crippen LogP contribution in [0.1, 0.15) is 34.1 Å². The van der Waals surface area contributed by atoms with E-state index in [4.69, 9.17) is 23.2 Å². The zero-order valence-electron chi connectivity index (χ0n) is 13.7. The zero-order valence-corrected chi connectivity index (χ0v) is 15.2. The summed E-state index contributed by atoms with van der Waals surface area (Å²) in [5.74, 6) is -0.850. The van der Waals surface area contributed by atoms with Gasteiger partial charge >= 0.3 is 0 Å². The highest BCUT2D eigenvalue weighted by Gasteiger charge is 2.16. The molecule has 0 radical (unpaired) electrons. The van der Waals surface area contributed by atoms with Crippen LogP contribution in [0.3, 0.4) is 0 Å². The Balaban J connectivity index is 2.16. The first-order valence-corrected chi connectivity index (χ1v) is 8.42. The van der Waals surface area contributed by atoms with E-state index >= 15 is 0 Å². The SMILES string of the molecule is CCCNC(=O)c1ccc(NC(=O)c2ccc([N+](=O)[O-])cc2Cl)cc1Cl. The smallest absolute Gasteiger partial charge is 0.270 e. The van der Waals surface area contributed by atoms with Crippen LogP contribution in [0, 0.1) is 10.1 Å². The van der Waals surface area contributed by atoms with Crippen LogP contribution in [0.15, 0.2) is 36.4 Å². The Bertz CT molecular complexity index is 871. The molecular formula is C17H15Cl2N3O4. The number of nitrogens with one attached hydrogen (secondary N) is 2. The Kier molecular flexibility index (Phi) is 6.54. The van der Waals surface area contributed by atoms with E-state index in [0.717, 1.165) is 12.5 Å². The third kappa shape index (κ3) is 4.71. The number of nitro groups is 1. The van der Waals surface area contributed by atoms with Gasteiger partial charge in [-0.1, -0.05) is 30.1 Å². The normalized spacial score (nSPS) is 10.3. The van der Waals surface area contributed by atoms with Crippen molar-refractivity contribution < 1.29 is 14.5 Å². The zero-order chi connectivity index (χ0) is 19.3. The molecule has 7 nitrogen and oxygen atoms in total. The third-order valence-corrected chi connectivity index (χ3v) is 4.04. The van der Waals surface area contributed by atoms with Gasteiger partial charge in [-0.05, 0) is 30.7 Å². The molecule has 2 aromatic carbocycles. The summed E-state index contributed by atoms with van der Waals surface area (Å²) in [6.07, 6.45) is 0.799. The van der Waals surface area contributed by atoms with Crippen molar-refractivity contribution in [2.45, 2.75) is 13.3 Å². The highest BCUT2D eigenvalue weighted by atomic mass is 35.5. The molecule has 0 aliphatic heterocycles. The summed E-state index contributed by atoms with van der Waals surface area (Å²) >= 11 is 12.0. The van der Waals surface area contributed by atoms with Crippen LogP contribution in [0.2, 0.25) is 10.0 Å². The molecule has 0 unspecified atom stereocenters. The number of carbonyl (C=O) groups is 2. The second-order valence-corrected chi connectivity index (χ2v) is 6.14. The molecule has 2 N–H and O–H groups in total. The molecule has 2 aromatic rings. The summed E-state index contributed by atoms with van der Waals surface area (Å²) in [6, 6.07) is 8.04. The van der Waals surface area contributed by atoms with Gasteiger partial charge in [0.05, 0.1) is 26.1 Å². The minimum Gasteiger partial charge on any atom is -0.352 e. The molecule has 0 aromatic heterocycles. The molecule has 0 saturated heterocycles. The molecule has 26 heavy (non-hydrogen) atoms. The van der Waals surface area contributed by atoms with Gasteiger partial charge in [-0.2, -0.15) is 0 Å². The molecule has 0 aliphatic carbocycles. The maximum absolute atomic E-state index is 12.3. The Morgan fingerprint density at radius 2 is 1.65 bits per heavy atom. The number of rotatable bonds is 6. The average Bonchev–Trinajstić information content (AvgIpc) is 2.59. The number of anilines is 1. The van der Waals surface area contributed by atoms with E-state index in [1.165, 1.54) is 30.3 Å². The maximum atomic E-state index is 12.3. The van der Waals surface area contributed by atoms with Crippen molar-refractivity contribution in [3.05, 3.63) is 67.7 Å². The lowest BCUT2D eigenvalue weighted by Crippen LogP contribution is -2.24. The van der Waals surface area contributed by atoms with E-state index in [1.807, 2.05) is 6.92 Å². The minimum absolute atomic E-state index is 0.0432. The van der Waals surface area contributed by atoms with Crippen LogP contribution in [0.25, 0.3) is 0 Å². The predicted molar refractivity (Wildman–Crippen MR) is 100 cm³/mol. The lowest BCUT2D eigenvalue weighted by molar-refractivity contribution is -0.384. The summed E-state index contributed by atoms with van der Waals surface area (Å²) < 4.78 is 0. The monoisotopic (exact) mass is 395 g/mol. The van der Waals surface area contributed by atoms with Gasteiger partial charge in [0, 0.05) is 24.4 Å². The molecule has 0 aliphatic rings. The van der Waals surface area contributed by atoms with Crippen LogP contribution < -0.4 is 10.6 Å². The molecule has 136 valence electrons. The summed E-state index contributed by atoms with van der Waals surface area (Å²) in [4.78, 5) is 34.4. The van der Waals surface area contributed by atoms with Crippen molar-refractivity contribution in [3.63, 3.8) is 0 Å². The minimum atomic E-state index is -0.602. The standard InChI is InChI=1S/C17H15Cl2N3O4/c1-2-7-20-16(23)12-5-3-10(8-14(12)18)21-17(24)13-6-4-11(22(25)26)9-15(13)19/h3-6,8-9H,2,7H2,1H3,(H,20,23)(H,21,24). The van der Waals surface area contributed by atoms with Crippen molar-refractivity contribution in [2.24, 2.45) is 0 Å². The van der Waals surface area contributed by atoms with Crippen molar-refractivity contribution in [1.82, 2.24) is 5.32 Å². The van der Waals surface area contributed by atoms with Gasteiger partial charge in [0.1, 0.15) is 0 Å². The number of nitrogens with zero attached hydrogens (tertiary/aromatic N) is 1. The second kappa shape index (κ2) is 8.64. The lowest BCUT2D eigenvalue weighted by atomic mass is 10.1. The van der Waals surface area contributed by atoms with Gasteiger partial charge in [0.2, 0.25) is 0 Å². The summed E-state index contributed by atoms with van der Waals surface area (Å²) in [5, 5.41) is 16.2. The fraction of sp³-hybridized carbons (Fsp3) is 0.176. The topological polar surface area (TPSA) is 101 Å². The van der Waals surface area contributed by atoms with Crippen molar-refractivity contribution in [2.75, 3.05) is 11.9 Å². The van der Waals surface area contributed by atoms with E-state index in [1.54, 1.807) is 0 Å². The number of benzene rings is 2. The van der Waals surface area contributed by atoms with E-state index < -0.39 is 10.8 Å². The predicted octanol–water partition coefficient (Wildman–Crippen LogP) is 4.29. The highest BCUT2D eigenvalue weighted by Crippen LogP contribution is 2.25. The maximum Gasteiger partial charge on any atom is 0.270 e. The van der Waals surface area contributed by atoms with E-state index in [0.29, 0.717) is 17.8 Å². The number of nitro benzene ring substituents is 1. The Morgan fingerprint density at radius 1 is 1.04 bits per heavy atom. The Hall–Kier alpha value is -2.64. The number of hydrogen-bond acceptors (Lipinski definition) is 4. The van der Waals surface area contributed by atoms with Gasteiger partial charge in [-0.15, -0.1) is 0 Å². The molecule has 0 heterocycles. The van der Waals surface area contributed by atoms with Crippen LogP contribution in [-0.4, -0.2) is 23.3 Å². The quantitative estimate of drug-likeness (QED) is 0.562. The Morgan fingerprint density at radius 3 is 2.23 bits per heavy atom. The van der Waals surface area contributed by atoms with E-state index in [2.05, 4.69) is 10.6 Å². The molecule has 2 rings (SSSR count). The number of hydrogen-bond donors (Lipinski definition) is 2. The van der Waals surface area contributed by atoms with Crippen LogP contribution >= 0.6 is 23.2 Å². The van der Waals surface area contributed by atoms with Gasteiger partial charge in [-0.3, -0.25) is 19.7 Å². The fourth-order valence-electron chi connectivity index (χ4n) is 2.11. The molecular weight excluding hydrogens is 381 g/mol. The average molecular weight is 396 g/mol. The largest absolute Gasteiger partial charge is 0.352 e. The first-order valence-electron chi connectivity index (χ1n) is 7.66. The third-order valence-electron chi connectivity index (χ3n) is 3.42. The first-order chi connectivity index (χ1) is 12.3. The number of non-ortho nitro benzene ring substituents is 1.